The summed E-state index contributed by atoms with van der Waals surface area (Å²) >= 11 is 0. The fourth-order valence-electron chi connectivity index (χ4n) is 2.52. The zero-order chi connectivity index (χ0) is 9.14. The molecule has 1 heteroatoms. The molecule has 0 aliphatic heterocycles. The molecule has 0 N–H and O–H groups in total. The van der Waals surface area contributed by atoms with E-state index in [4.69, 9.17) is 0 Å². The molecule has 0 amide bonds. The van der Waals surface area contributed by atoms with Gasteiger partial charge in [-0.1, -0.05) is 20.8 Å². The Balaban J connectivity index is 2.43. The lowest BCUT2D eigenvalue weighted by atomic mass is 9.80. The maximum absolute atomic E-state index is 2.51. The molecule has 1 fully saturated rings. The molecule has 0 aromatic heterocycles. The van der Waals surface area contributed by atoms with E-state index in [1.807, 2.05) is 0 Å². The van der Waals surface area contributed by atoms with E-state index in [1.165, 1.54) is 25.8 Å². The summed E-state index contributed by atoms with van der Waals surface area (Å²) in [6.45, 7) is 8.24. The average Bonchev–Trinajstić information content (AvgIpc) is 2.01. The molecule has 0 radical (unpaired) electrons. The van der Waals surface area contributed by atoms with E-state index in [0.717, 1.165) is 17.9 Å². The first-order valence-electron chi connectivity index (χ1n) is 5.33. The minimum atomic E-state index is 0.855. The zero-order valence-corrected chi connectivity index (χ0v) is 9.01. The van der Waals surface area contributed by atoms with Crippen molar-refractivity contribution in [2.45, 2.75) is 46.1 Å². The van der Waals surface area contributed by atoms with Crippen LogP contribution in [0.5, 0.6) is 0 Å². The summed E-state index contributed by atoms with van der Waals surface area (Å²) in [7, 11) is 2.26. The third kappa shape index (κ3) is 2.48. The zero-order valence-electron chi connectivity index (χ0n) is 9.01. The molecule has 72 valence electrons. The first-order valence-corrected chi connectivity index (χ1v) is 5.33. The Hall–Kier alpha value is -0.0400. The van der Waals surface area contributed by atoms with Crippen molar-refractivity contribution in [1.29, 1.82) is 0 Å². The van der Waals surface area contributed by atoms with E-state index >= 15 is 0 Å². The Labute approximate surface area is 77.1 Å². The maximum atomic E-state index is 2.51. The maximum Gasteiger partial charge on any atom is 0.00971 e. The molecule has 1 saturated carbocycles. The molecule has 0 saturated heterocycles. The predicted molar refractivity (Wildman–Crippen MR) is 54.3 cm³/mol. The fourth-order valence-corrected chi connectivity index (χ4v) is 2.52. The smallest absolute Gasteiger partial charge is 0.00971 e. The number of rotatable bonds is 2. The molecule has 0 spiro atoms. The van der Waals surface area contributed by atoms with Crippen molar-refractivity contribution in [2.75, 3.05) is 13.6 Å². The van der Waals surface area contributed by atoms with Crippen LogP contribution in [0.1, 0.15) is 40.0 Å². The van der Waals surface area contributed by atoms with Crippen molar-refractivity contribution in [3.63, 3.8) is 0 Å². The van der Waals surface area contributed by atoms with Crippen molar-refractivity contribution >= 4 is 0 Å². The van der Waals surface area contributed by atoms with Crippen molar-refractivity contribution in [3.8, 4) is 0 Å². The standard InChI is InChI=1S/C11H23N/c1-5-12(4)11-7-9(2)6-10(3)8-11/h9-11H,5-8H2,1-4H3. The summed E-state index contributed by atoms with van der Waals surface area (Å²) in [4.78, 5) is 2.51. The van der Waals surface area contributed by atoms with E-state index < -0.39 is 0 Å². The number of hydrogen-bond donors (Lipinski definition) is 0. The van der Waals surface area contributed by atoms with Gasteiger partial charge in [-0.05, 0) is 44.7 Å². The topological polar surface area (TPSA) is 3.24 Å². The molecule has 1 aliphatic rings. The molecule has 0 aromatic carbocycles. The second-order valence-electron chi connectivity index (χ2n) is 4.64. The van der Waals surface area contributed by atoms with Gasteiger partial charge in [0.2, 0.25) is 0 Å². The first kappa shape index (κ1) is 10.0. The van der Waals surface area contributed by atoms with Crippen LogP contribution in [-0.4, -0.2) is 24.5 Å². The summed E-state index contributed by atoms with van der Waals surface area (Å²) in [6.07, 6.45) is 4.26. The van der Waals surface area contributed by atoms with E-state index in [0.29, 0.717) is 0 Å². The van der Waals surface area contributed by atoms with Gasteiger partial charge in [0.05, 0.1) is 0 Å². The minimum Gasteiger partial charge on any atom is -0.304 e. The summed E-state index contributed by atoms with van der Waals surface area (Å²) in [6, 6.07) is 0.855. The van der Waals surface area contributed by atoms with Crippen LogP contribution < -0.4 is 0 Å². The molecule has 2 unspecified atom stereocenters. The highest BCUT2D eigenvalue weighted by Crippen LogP contribution is 2.30. The van der Waals surface area contributed by atoms with Crippen molar-refractivity contribution in [2.24, 2.45) is 11.8 Å². The minimum absolute atomic E-state index is 0.855. The molecule has 0 bridgehead atoms. The first-order chi connectivity index (χ1) is 5.63. The summed E-state index contributed by atoms with van der Waals surface area (Å²) in [5.41, 5.74) is 0. The molecule has 1 rings (SSSR count). The summed E-state index contributed by atoms with van der Waals surface area (Å²) in [5, 5.41) is 0. The largest absolute Gasteiger partial charge is 0.304 e. The average molecular weight is 169 g/mol. The molecule has 1 nitrogen and oxygen atoms in total. The molecule has 1 aliphatic carbocycles. The second kappa shape index (κ2) is 4.27. The van der Waals surface area contributed by atoms with Gasteiger partial charge in [-0.3, -0.25) is 0 Å². The van der Waals surface area contributed by atoms with Gasteiger partial charge >= 0.3 is 0 Å². The van der Waals surface area contributed by atoms with Gasteiger partial charge in [0, 0.05) is 6.04 Å². The fraction of sp³-hybridized carbons (Fsp3) is 1.00. The van der Waals surface area contributed by atoms with Crippen LogP contribution in [-0.2, 0) is 0 Å². The second-order valence-corrected chi connectivity index (χ2v) is 4.64. The number of hydrogen-bond acceptors (Lipinski definition) is 1. The van der Waals surface area contributed by atoms with Crippen molar-refractivity contribution in [3.05, 3.63) is 0 Å². The van der Waals surface area contributed by atoms with Gasteiger partial charge in [0.25, 0.3) is 0 Å². The Bertz CT molecular complexity index is 123. The Morgan fingerprint density at radius 1 is 1.08 bits per heavy atom. The molecular weight excluding hydrogens is 146 g/mol. The van der Waals surface area contributed by atoms with Crippen molar-refractivity contribution in [1.82, 2.24) is 4.90 Å². The Kier molecular flexibility index (Phi) is 3.57. The highest BCUT2D eigenvalue weighted by molar-refractivity contribution is 4.79. The van der Waals surface area contributed by atoms with Gasteiger partial charge in [-0.15, -0.1) is 0 Å². The SMILES string of the molecule is CCN(C)C1CC(C)CC(C)C1. The van der Waals surface area contributed by atoms with Crippen molar-refractivity contribution < 1.29 is 0 Å². The summed E-state index contributed by atoms with van der Waals surface area (Å²) in [5.74, 6) is 1.88. The Morgan fingerprint density at radius 2 is 1.58 bits per heavy atom. The monoisotopic (exact) mass is 169 g/mol. The lowest BCUT2D eigenvalue weighted by Crippen LogP contribution is -2.37. The molecule has 0 aromatic rings. The molecule has 0 heterocycles. The van der Waals surface area contributed by atoms with Crippen LogP contribution >= 0.6 is 0 Å². The van der Waals surface area contributed by atoms with E-state index in [-0.39, 0.29) is 0 Å². The normalized spacial score (nSPS) is 37.2. The van der Waals surface area contributed by atoms with Crippen LogP contribution in [0, 0.1) is 11.8 Å². The summed E-state index contributed by atoms with van der Waals surface area (Å²) < 4.78 is 0. The third-order valence-corrected chi connectivity index (χ3v) is 3.28. The van der Waals surface area contributed by atoms with E-state index in [9.17, 15) is 0 Å². The predicted octanol–water partition coefficient (Wildman–Crippen LogP) is 2.76. The van der Waals surface area contributed by atoms with Gasteiger partial charge in [-0.25, -0.2) is 0 Å². The molecule has 2 atom stereocenters. The lowest BCUT2D eigenvalue weighted by molar-refractivity contribution is 0.138. The van der Waals surface area contributed by atoms with Crippen LogP contribution in [0.4, 0.5) is 0 Å². The van der Waals surface area contributed by atoms with Gasteiger partial charge in [0.1, 0.15) is 0 Å². The van der Waals surface area contributed by atoms with E-state index in [1.54, 1.807) is 0 Å². The van der Waals surface area contributed by atoms with Crippen LogP contribution in [0.3, 0.4) is 0 Å². The molecule has 12 heavy (non-hydrogen) atoms. The van der Waals surface area contributed by atoms with Crippen LogP contribution in [0.15, 0.2) is 0 Å². The highest BCUT2D eigenvalue weighted by atomic mass is 15.1. The van der Waals surface area contributed by atoms with Gasteiger partial charge in [0.15, 0.2) is 0 Å². The molecular formula is C11H23N. The van der Waals surface area contributed by atoms with E-state index in [2.05, 4.69) is 32.7 Å². The number of nitrogens with zero attached hydrogens (tertiary/aromatic N) is 1. The lowest BCUT2D eigenvalue weighted by Gasteiger charge is -2.36. The van der Waals surface area contributed by atoms with Crippen LogP contribution in [0.25, 0.3) is 0 Å². The quantitative estimate of drug-likeness (QED) is 0.614. The Morgan fingerprint density at radius 3 is 2.00 bits per heavy atom. The van der Waals surface area contributed by atoms with Gasteiger partial charge < -0.3 is 4.90 Å². The third-order valence-electron chi connectivity index (χ3n) is 3.28. The highest BCUT2D eigenvalue weighted by Gasteiger charge is 2.25. The van der Waals surface area contributed by atoms with Gasteiger partial charge in [-0.2, -0.15) is 0 Å². The van der Waals surface area contributed by atoms with Crippen LogP contribution in [0.2, 0.25) is 0 Å².